The largest absolute Gasteiger partial charge is 0.314 e. The molecule has 1 fully saturated rings. The molecule has 0 aromatic carbocycles. The lowest BCUT2D eigenvalue weighted by molar-refractivity contribution is 0.121. The highest BCUT2D eigenvalue weighted by molar-refractivity contribution is 4.84. The molecule has 0 radical (unpaired) electrons. The van der Waals surface area contributed by atoms with Crippen molar-refractivity contribution in [1.29, 1.82) is 0 Å². The molecule has 2 nitrogen and oxygen atoms in total. The first-order valence-electron chi connectivity index (χ1n) is 7.93. The summed E-state index contributed by atoms with van der Waals surface area (Å²) in [6.07, 6.45) is 6.93. The van der Waals surface area contributed by atoms with Gasteiger partial charge in [-0.25, -0.2) is 0 Å². The first-order valence-corrected chi connectivity index (χ1v) is 7.93. The molecule has 0 unspecified atom stereocenters. The van der Waals surface area contributed by atoms with E-state index in [1.807, 2.05) is 0 Å². The topological polar surface area (TPSA) is 15.3 Å². The Balaban J connectivity index is 2.42. The monoisotopic (exact) mass is 254 g/mol. The summed E-state index contributed by atoms with van der Waals surface area (Å²) in [7, 11) is 2.31. The molecular weight excluding hydrogens is 220 g/mol. The van der Waals surface area contributed by atoms with Gasteiger partial charge in [0.25, 0.3) is 0 Å². The van der Waals surface area contributed by atoms with Crippen LogP contribution in [0.4, 0.5) is 0 Å². The average Bonchev–Trinajstić information content (AvgIpc) is 2.29. The molecule has 2 heteroatoms. The Morgan fingerprint density at radius 3 is 2.22 bits per heavy atom. The fourth-order valence-electron chi connectivity index (χ4n) is 2.95. The maximum atomic E-state index is 3.65. The predicted molar refractivity (Wildman–Crippen MR) is 81.0 cm³/mol. The Bertz CT molecular complexity index is 217. The van der Waals surface area contributed by atoms with Gasteiger partial charge in [-0.3, -0.25) is 0 Å². The smallest absolute Gasteiger partial charge is 0.00470 e. The lowest BCUT2D eigenvalue weighted by atomic mass is 9.80. The van der Waals surface area contributed by atoms with E-state index in [9.17, 15) is 0 Å². The summed E-state index contributed by atoms with van der Waals surface area (Å²) in [5.74, 6) is 0.986. The van der Waals surface area contributed by atoms with Crippen molar-refractivity contribution in [2.45, 2.75) is 65.8 Å². The van der Waals surface area contributed by atoms with Crippen LogP contribution in [0.1, 0.15) is 59.8 Å². The molecule has 108 valence electrons. The van der Waals surface area contributed by atoms with E-state index < -0.39 is 0 Å². The zero-order valence-electron chi connectivity index (χ0n) is 13.3. The minimum Gasteiger partial charge on any atom is -0.314 e. The second-order valence-electron chi connectivity index (χ2n) is 6.74. The summed E-state index contributed by atoms with van der Waals surface area (Å²) < 4.78 is 0. The van der Waals surface area contributed by atoms with Crippen LogP contribution in [0.2, 0.25) is 0 Å². The van der Waals surface area contributed by atoms with Crippen molar-refractivity contribution in [2.24, 2.45) is 11.3 Å². The first kappa shape index (κ1) is 16.0. The van der Waals surface area contributed by atoms with Crippen molar-refractivity contribution in [3.05, 3.63) is 0 Å². The Morgan fingerprint density at radius 2 is 1.83 bits per heavy atom. The lowest BCUT2D eigenvalue weighted by Crippen LogP contribution is -2.45. The molecule has 0 aromatic heterocycles. The Kier molecular flexibility index (Phi) is 6.65. The van der Waals surface area contributed by atoms with Crippen molar-refractivity contribution in [2.75, 3.05) is 26.7 Å². The van der Waals surface area contributed by atoms with E-state index in [0.29, 0.717) is 11.5 Å². The van der Waals surface area contributed by atoms with E-state index in [-0.39, 0.29) is 0 Å². The van der Waals surface area contributed by atoms with E-state index in [2.05, 4.69) is 45.0 Å². The molecule has 1 aliphatic rings. The molecular formula is C16H34N2. The highest BCUT2D eigenvalue weighted by Crippen LogP contribution is 2.30. The van der Waals surface area contributed by atoms with Gasteiger partial charge in [0.05, 0.1) is 0 Å². The summed E-state index contributed by atoms with van der Waals surface area (Å²) in [6, 6.07) is 0.597. The van der Waals surface area contributed by atoms with Gasteiger partial charge in [-0.15, -0.1) is 0 Å². The quantitative estimate of drug-likeness (QED) is 0.677. The number of nitrogens with zero attached hydrogens (tertiary/aromatic N) is 1. The second-order valence-corrected chi connectivity index (χ2v) is 6.74. The fraction of sp³-hybridized carbons (Fsp3) is 1.00. The van der Waals surface area contributed by atoms with Crippen molar-refractivity contribution < 1.29 is 0 Å². The van der Waals surface area contributed by atoms with Gasteiger partial charge in [-0.05, 0) is 44.1 Å². The van der Waals surface area contributed by atoms with Gasteiger partial charge in [0.15, 0.2) is 0 Å². The SMILES string of the molecule is CCC(CC)(CNC(C)C)CN(C)CC1CCC1. The van der Waals surface area contributed by atoms with Crippen LogP contribution in [0.15, 0.2) is 0 Å². The number of hydrogen-bond acceptors (Lipinski definition) is 2. The van der Waals surface area contributed by atoms with Gasteiger partial charge in [0.2, 0.25) is 0 Å². The summed E-state index contributed by atoms with van der Waals surface area (Å²) in [5, 5.41) is 3.65. The molecule has 1 rings (SSSR count). The van der Waals surface area contributed by atoms with Crippen LogP contribution in [0, 0.1) is 11.3 Å². The summed E-state index contributed by atoms with van der Waals surface area (Å²) in [5.41, 5.74) is 0.461. The first-order chi connectivity index (χ1) is 8.51. The number of nitrogens with one attached hydrogen (secondary N) is 1. The molecule has 0 bridgehead atoms. The van der Waals surface area contributed by atoms with Crippen molar-refractivity contribution in [1.82, 2.24) is 10.2 Å². The van der Waals surface area contributed by atoms with Crippen LogP contribution in [-0.4, -0.2) is 37.6 Å². The van der Waals surface area contributed by atoms with E-state index in [1.54, 1.807) is 0 Å². The summed E-state index contributed by atoms with van der Waals surface area (Å²) >= 11 is 0. The van der Waals surface area contributed by atoms with Crippen molar-refractivity contribution in [3.63, 3.8) is 0 Å². The van der Waals surface area contributed by atoms with Crippen molar-refractivity contribution in [3.8, 4) is 0 Å². The molecule has 1 aliphatic carbocycles. The predicted octanol–water partition coefficient (Wildman–Crippen LogP) is 3.52. The molecule has 1 N–H and O–H groups in total. The van der Waals surface area contributed by atoms with Gasteiger partial charge in [0.1, 0.15) is 0 Å². The van der Waals surface area contributed by atoms with Crippen LogP contribution >= 0.6 is 0 Å². The highest BCUT2D eigenvalue weighted by atomic mass is 15.1. The van der Waals surface area contributed by atoms with E-state index in [4.69, 9.17) is 0 Å². The van der Waals surface area contributed by atoms with Gasteiger partial charge >= 0.3 is 0 Å². The Morgan fingerprint density at radius 1 is 1.22 bits per heavy atom. The van der Waals surface area contributed by atoms with Gasteiger partial charge in [-0.1, -0.05) is 34.1 Å². The molecule has 0 saturated heterocycles. The molecule has 1 saturated carbocycles. The standard InChI is InChI=1S/C16H34N2/c1-6-16(7-2,12-17-14(3)4)13-18(5)11-15-9-8-10-15/h14-15,17H,6-13H2,1-5H3. The van der Waals surface area contributed by atoms with Crippen molar-refractivity contribution >= 4 is 0 Å². The lowest BCUT2D eigenvalue weighted by Gasteiger charge is -2.39. The normalized spacial score (nSPS) is 17.5. The van der Waals surface area contributed by atoms with E-state index in [0.717, 1.165) is 12.5 Å². The van der Waals surface area contributed by atoms with Gasteiger partial charge < -0.3 is 10.2 Å². The molecule has 0 atom stereocenters. The molecule has 0 aliphatic heterocycles. The van der Waals surface area contributed by atoms with Crippen LogP contribution in [0.3, 0.4) is 0 Å². The summed E-state index contributed by atoms with van der Waals surface area (Å²) in [6.45, 7) is 12.9. The fourth-order valence-corrected chi connectivity index (χ4v) is 2.95. The maximum absolute atomic E-state index is 3.65. The number of hydrogen-bond donors (Lipinski definition) is 1. The van der Waals surface area contributed by atoms with Crippen LogP contribution < -0.4 is 5.32 Å². The zero-order valence-corrected chi connectivity index (χ0v) is 13.3. The molecule has 0 amide bonds. The maximum Gasteiger partial charge on any atom is 0.00470 e. The minimum absolute atomic E-state index is 0.461. The third kappa shape index (κ3) is 4.89. The molecule has 0 aromatic rings. The second kappa shape index (κ2) is 7.49. The molecule has 18 heavy (non-hydrogen) atoms. The molecule has 0 heterocycles. The highest BCUT2D eigenvalue weighted by Gasteiger charge is 2.29. The van der Waals surface area contributed by atoms with Crippen LogP contribution in [0.5, 0.6) is 0 Å². The summed E-state index contributed by atoms with van der Waals surface area (Å²) in [4.78, 5) is 2.58. The third-order valence-corrected chi connectivity index (χ3v) is 4.79. The van der Waals surface area contributed by atoms with Gasteiger partial charge in [-0.2, -0.15) is 0 Å². The van der Waals surface area contributed by atoms with Crippen LogP contribution in [-0.2, 0) is 0 Å². The van der Waals surface area contributed by atoms with E-state index >= 15 is 0 Å². The minimum atomic E-state index is 0.461. The average molecular weight is 254 g/mol. The van der Waals surface area contributed by atoms with Crippen LogP contribution in [0.25, 0.3) is 0 Å². The molecule has 0 spiro atoms. The Hall–Kier alpha value is -0.0800. The van der Waals surface area contributed by atoms with E-state index in [1.165, 1.54) is 45.2 Å². The Labute approximate surface area is 115 Å². The number of rotatable bonds is 9. The zero-order chi connectivity index (χ0) is 13.6. The van der Waals surface area contributed by atoms with Gasteiger partial charge in [0, 0.05) is 25.7 Å². The third-order valence-electron chi connectivity index (χ3n) is 4.79.